The lowest BCUT2D eigenvalue weighted by molar-refractivity contribution is 0.0526. The molecule has 4 nitrogen and oxygen atoms in total. The zero-order chi connectivity index (χ0) is 12.2. The number of aromatic nitrogens is 1. The Morgan fingerprint density at radius 1 is 1.56 bits per heavy atom. The molecule has 5 heteroatoms. The SMILES string of the molecule is CC(C)(C)OC(=O)NCCn1ccc(Cl)c1. The molecule has 0 unspecified atom stereocenters. The number of rotatable bonds is 3. The first-order valence-corrected chi connectivity index (χ1v) is 5.53. The summed E-state index contributed by atoms with van der Waals surface area (Å²) in [5.41, 5.74) is -0.457. The van der Waals surface area contributed by atoms with Crippen LogP contribution in [0.3, 0.4) is 0 Å². The van der Waals surface area contributed by atoms with Crippen molar-refractivity contribution in [3.63, 3.8) is 0 Å². The number of nitrogens with zero attached hydrogens (tertiary/aromatic N) is 1. The van der Waals surface area contributed by atoms with Gasteiger partial charge in [0.2, 0.25) is 0 Å². The van der Waals surface area contributed by atoms with Gasteiger partial charge in [0.25, 0.3) is 0 Å². The first-order valence-electron chi connectivity index (χ1n) is 5.15. The first kappa shape index (κ1) is 12.9. The maximum Gasteiger partial charge on any atom is 0.407 e. The number of amides is 1. The predicted octanol–water partition coefficient (Wildman–Crippen LogP) is 2.67. The Kier molecular flexibility index (Phi) is 4.24. The van der Waals surface area contributed by atoms with Gasteiger partial charge in [-0.1, -0.05) is 11.6 Å². The smallest absolute Gasteiger partial charge is 0.407 e. The summed E-state index contributed by atoms with van der Waals surface area (Å²) in [6.07, 6.45) is 3.27. The van der Waals surface area contributed by atoms with E-state index in [4.69, 9.17) is 16.3 Å². The Labute approximate surface area is 101 Å². The molecule has 0 aliphatic heterocycles. The van der Waals surface area contributed by atoms with Crippen molar-refractivity contribution in [2.75, 3.05) is 6.54 Å². The first-order chi connectivity index (χ1) is 7.37. The standard InChI is InChI=1S/C11H17ClN2O2/c1-11(2,3)16-10(15)13-5-7-14-6-4-9(12)8-14/h4,6,8H,5,7H2,1-3H3,(H,13,15). The molecule has 1 N–H and O–H groups in total. The number of alkyl carbamates (subject to hydrolysis) is 1. The third kappa shape index (κ3) is 5.07. The van der Waals surface area contributed by atoms with Crippen LogP contribution in [-0.4, -0.2) is 22.8 Å². The second-order valence-electron chi connectivity index (χ2n) is 4.50. The number of carbonyl (C=O) groups excluding carboxylic acids is 1. The van der Waals surface area contributed by atoms with Crippen molar-refractivity contribution in [2.45, 2.75) is 32.9 Å². The molecule has 1 rings (SSSR count). The zero-order valence-corrected chi connectivity index (χ0v) is 10.5. The summed E-state index contributed by atoms with van der Waals surface area (Å²) in [7, 11) is 0. The van der Waals surface area contributed by atoms with E-state index in [1.165, 1.54) is 0 Å². The Balaban J connectivity index is 2.23. The van der Waals surface area contributed by atoms with Crippen LogP contribution in [0.15, 0.2) is 18.5 Å². The molecule has 0 spiro atoms. The fourth-order valence-electron chi connectivity index (χ4n) is 1.15. The maximum absolute atomic E-state index is 11.3. The van der Waals surface area contributed by atoms with E-state index < -0.39 is 11.7 Å². The van der Waals surface area contributed by atoms with Crippen LogP contribution in [0.5, 0.6) is 0 Å². The van der Waals surface area contributed by atoms with Crippen molar-refractivity contribution in [3.05, 3.63) is 23.5 Å². The fraction of sp³-hybridized carbons (Fsp3) is 0.545. The number of ether oxygens (including phenoxy) is 1. The van der Waals surface area contributed by atoms with Gasteiger partial charge in [-0.2, -0.15) is 0 Å². The minimum atomic E-state index is -0.457. The van der Waals surface area contributed by atoms with Crippen LogP contribution in [0.25, 0.3) is 0 Å². The second-order valence-corrected chi connectivity index (χ2v) is 4.93. The lowest BCUT2D eigenvalue weighted by Crippen LogP contribution is -2.34. The molecule has 0 aromatic carbocycles. The predicted molar refractivity (Wildman–Crippen MR) is 63.7 cm³/mol. The zero-order valence-electron chi connectivity index (χ0n) is 9.79. The van der Waals surface area contributed by atoms with Crippen molar-refractivity contribution in [3.8, 4) is 0 Å². The van der Waals surface area contributed by atoms with Gasteiger partial charge in [-0.05, 0) is 26.8 Å². The average Bonchev–Trinajstić information content (AvgIpc) is 2.48. The molecule has 1 aromatic heterocycles. The molecule has 1 amide bonds. The molecule has 90 valence electrons. The summed E-state index contributed by atoms with van der Waals surface area (Å²) in [5.74, 6) is 0. The third-order valence-corrected chi connectivity index (χ3v) is 1.98. The molecule has 0 fully saturated rings. The number of carbonyl (C=O) groups is 1. The highest BCUT2D eigenvalue weighted by atomic mass is 35.5. The number of hydrogen-bond donors (Lipinski definition) is 1. The lowest BCUT2D eigenvalue weighted by atomic mass is 10.2. The number of nitrogens with one attached hydrogen (secondary N) is 1. The van der Waals surface area contributed by atoms with Gasteiger partial charge in [0.05, 0.1) is 5.02 Å². The van der Waals surface area contributed by atoms with E-state index in [1.807, 2.05) is 31.5 Å². The topological polar surface area (TPSA) is 43.3 Å². The summed E-state index contributed by atoms with van der Waals surface area (Å²) < 4.78 is 7.00. The molecular formula is C11H17ClN2O2. The lowest BCUT2D eigenvalue weighted by Gasteiger charge is -2.19. The van der Waals surface area contributed by atoms with E-state index in [9.17, 15) is 4.79 Å². The minimum absolute atomic E-state index is 0.397. The molecule has 0 radical (unpaired) electrons. The van der Waals surface area contributed by atoms with E-state index in [0.717, 1.165) is 0 Å². The van der Waals surface area contributed by atoms with Gasteiger partial charge in [-0.15, -0.1) is 0 Å². The normalized spacial score (nSPS) is 11.2. The van der Waals surface area contributed by atoms with Crippen LogP contribution >= 0.6 is 11.6 Å². The van der Waals surface area contributed by atoms with Crippen LogP contribution in [0.1, 0.15) is 20.8 Å². The van der Waals surface area contributed by atoms with Gasteiger partial charge in [0, 0.05) is 25.5 Å². The van der Waals surface area contributed by atoms with Crippen LogP contribution in [-0.2, 0) is 11.3 Å². The van der Waals surface area contributed by atoms with Crippen molar-refractivity contribution in [1.82, 2.24) is 9.88 Å². The average molecular weight is 245 g/mol. The Bertz CT molecular complexity index is 355. The van der Waals surface area contributed by atoms with Crippen LogP contribution in [0.4, 0.5) is 4.79 Å². The summed E-state index contributed by atoms with van der Waals surface area (Å²) in [5, 5.41) is 3.36. The van der Waals surface area contributed by atoms with E-state index in [1.54, 1.807) is 12.3 Å². The third-order valence-electron chi connectivity index (χ3n) is 1.75. The quantitative estimate of drug-likeness (QED) is 0.888. The highest BCUT2D eigenvalue weighted by Gasteiger charge is 2.15. The molecule has 16 heavy (non-hydrogen) atoms. The van der Waals surface area contributed by atoms with Crippen molar-refractivity contribution in [1.29, 1.82) is 0 Å². The number of hydrogen-bond acceptors (Lipinski definition) is 2. The molecule has 0 saturated heterocycles. The van der Waals surface area contributed by atoms with E-state index in [2.05, 4.69) is 5.32 Å². The van der Waals surface area contributed by atoms with Crippen molar-refractivity contribution in [2.24, 2.45) is 0 Å². The van der Waals surface area contributed by atoms with Crippen LogP contribution in [0, 0.1) is 0 Å². The Morgan fingerprint density at radius 3 is 2.75 bits per heavy atom. The molecule has 0 atom stereocenters. The van der Waals surface area contributed by atoms with Crippen LogP contribution < -0.4 is 5.32 Å². The monoisotopic (exact) mass is 244 g/mol. The van der Waals surface area contributed by atoms with Gasteiger partial charge in [-0.3, -0.25) is 0 Å². The van der Waals surface area contributed by atoms with Crippen LogP contribution in [0.2, 0.25) is 5.02 Å². The number of halogens is 1. The van der Waals surface area contributed by atoms with Crippen molar-refractivity contribution < 1.29 is 9.53 Å². The maximum atomic E-state index is 11.3. The van der Waals surface area contributed by atoms with E-state index in [0.29, 0.717) is 18.1 Å². The fourth-order valence-corrected chi connectivity index (χ4v) is 1.33. The van der Waals surface area contributed by atoms with Gasteiger partial charge >= 0.3 is 6.09 Å². The molecule has 1 aromatic rings. The van der Waals surface area contributed by atoms with Gasteiger partial charge in [0.1, 0.15) is 5.60 Å². The molecule has 0 aliphatic carbocycles. The summed E-state index contributed by atoms with van der Waals surface area (Å²) in [6.45, 7) is 6.68. The Hall–Kier alpha value is -1.16. The summed E-state index contributed by atoms with van der Waals surface area (Å²) in [6, 6.07) is 1.80. The van der Waals surface area contributed by atoms with Crippen molar-refractivity contribution >= 4 is 17.7 Å². The molecular weight excluding hydrogens is 228 g/mol. The highest BCUT2D eigenvalue weighted by Crippen LogP contribution is 2.08. The summed E-state index contributed by atoms with van der Waals surface area (Å²) in [4.78, 5) is 11.3. The van der Waals surface area contributed by atoms with Gasteiger partial charge in [0.15, 0.2) is 0 Å². The molecule has 0 saturated carbocycles. The highest BCUT2D eigenvalue weighted by molar-refractivity contribution is 6.30. The summed E-state index contributed by atoms with van der Waals surface area (Å²) >= 11 is 5.76. The van der Waals surface area contributed by atoms with Gasteiger partial charge in [-0.25, -0.2) is 4.79 Å². The van der Waals surface area contributed by atoms with Gasteiger partial charge < -0.3 is 14.6 Å². The molecule has 0 bridgehead atoms. The largest absolute Gasteiger partial charge is 0.444 e. The molecule has 0 aliphatic rings. The van der Waals surface area contributed by atoms with E-state index >= 15 is 0 Å². The molecule has 1 heterocycles. The Morgan fingerprint density at radius 2 is 2.25 bits per heavy atom. The van der Waals surface area contributed by atoms with E-state index in [-0.39, 0.29) is 0 Å². The second kappa shape index (κ2) is 5.25. The minimum Gasteiger partial charge on any atom is -0.444 e.